The van der Waals surface area contributed by atoms with Crippen molar-refractivity contribution >= 4 is 29.0 Å². The molecule has 4 heterocycles. The second-order valence-electron chi connectivity index (χ2n) is 7.03. The maximum Gasteiger partial charge on any atom is 0.339 e. The van der Waals surface area contributed by atoms with Gasteiger partial charge < -0.3 is 19.6 Å². The van der Waals surface area contributed by atoms with Gasteiger partial charge >= 0.3 is 5.97 Å². The van der Waals surface area contributed by atoms with Crippen molar-refractivity contribution < 1.29 is 19.4 Å². The second kappa shape index (κ2) is 6.94. The van der Waals surface area contributed by atoms with Gasteiger partial charge in [-0.15, -0.1) is 11.3 Å². The Hall–Kier alpha value is -2.45. The molecule has 0 saturated carbocycles. The molecule has 2 aliphatic heterocycles. The third-order valence-corrected chi connectivity index (χ3v) is 6.17. The number of rotatable bonds is 3. The first-order chi connectivity index (χ1) is 12.9. The zero-order valence-electron chi connectivity index (χ0n) is 15.2. The number of carbonyl (C=O) groups is 2. The number of carboxylic acids is 1. The summed E-state index contributed by atoms with van der Waals surface area (Å²) in [7, 11) is 1.79. The molecule has 7 nitrogen and oxygen atoms in total. The Morgan fingerprint density at radius 3 is 2.78 bits per heavy atom. The van der Waals surface area contributed by atoms with Gasteiger partial charge in [0.1, 0.15) is 11.4 Å². The van der Waals surface area contributed by atoms with Crippen LogP contribution in [0.5, 0.6) is 0 Å². The van der Waals surface area contributed by atoms with Crippen molar-refractivity contribution in [2.45, 2.75) is 13.0 Å². The van der Waals surface area contributed by atoms with Crippen LogP contribution >= 0.6 is 11.3 Å². The van der Waals surface area contributed by atoms with Gasteiger partial charge in [-0.3, -0.25) is 4.79 Å². The molecule has 0 aliphatic carbocycles. The van der Waals surface area contributed by atoms with Gasteiger partial charge in [-0.2, -0.15) is 0 Å². The molecule has 2 aliphatic rings. The summed E-state index contributed by atoms with van der Waals surface area (Å²) in [6.07, 6.45) is 0. The molecule has 1 N–H and O–H groups in total. The molecule has 8 heteroatoms. The van der Waals surface area contributed by atoms with E-state index in [4.69, 9.17) is 9.72 Å². The second-order valence-corrected chi connectivity index (χ2v) is 8.31. The predicted molar refractivity (Wildman–Crippen MR) is 102 cm³/mol. The van der Waals surface area contributed by atoms with Gasteiger partial charge in [0.15, 0.2) is 0 Å². The molecule has 0 spiro atoms. The number of thiophene rings is 1. The Morgan fingerprint density at radius 2 is 2.07 bits per heavy atom. The summed E-state index contributed by atoms with van der Waals surface area (Å²) in [5.74, 6) is -0.872. The zero-order valence-corrected chi connectivity index (χ0v) is 16.0. The van der Waals surface area contributed by atoms with E-state index in [9.17, 15) is 14.7 Å². The van der Waals surface area contributed by atoms with E-state index in [1.807, 2.05) is 24.0 Å². The van der Waals surface area contributed by atoms with Gasteiger partial charge in [0, 0.05) is 25.0 Å². The Bertz CT molecular complexity index is 897. The quantitative estimate of drug-likeness (QED) is 0.869. The SMILES string of the molecule is Cc1ccc(-c2ccc(C(=O)O)c(N3C[C@@H]4COC[C@H](C3)N(C)C4=O)n2)s1. The van der Waals surface area contributed by atoms with Crippen LogP contribution < -0.4 is 4.90 Å². The first-order valence-corrected chi connectivity index (χ1v) is 9.66. The minimum Gasteiger partial charge on any atom is -0.478 e. The lowest BCUT2D eigenvalue weighted by Crippen LogP contribution is -2.43. The van der Waals surface area contributed by atoms with E-state index in [2.05, 4.69) is 0 Å². The molecule has 2 atom stereocenters. The first kappa shape index (κ1) is 17.9. The topological polar surface area (TPSA) is 83.0 Å². The number of fused-ring (bicyclic) bond motifs is 3. The lowest BCUT2D eigenvalue weighted by molar-refractivity contribution is -0.133. The molecular weight excluding hydrogens is 366 g/mol. The molecule has 0 unspecified atom stereocenters. The van der Waals surface area contributed by atoms with Crippen LogP contribution in [0.1, 0.15) is 15.2 Å². The number of aromatic carboxylic acids is 1. The van der Waals surface area contributed by atoms with Crippen molar-refractivity contribution in [2.24, 2.45) is 5.92 Å². The minimum absolute atomic E-state index is 0.0434. The minimum atomic E-state index is -1.02. The van der Waals surface area contributed by atoms with Crippen molar-refractivity contribution in [3.8, 4) is 10.6 Å². The van der Waals surface area contributed by atoms with E-state index in [1.165, 1.54) is 4.88 Å². The molecule has 1 amide bonds. The fourth-order valence-corrected chi connectivity index (χ4v) is 4.47. The summed E-state index contributed by atoms with van der Waals surface area (Å²) in [4.78, 5) is 34.9. The molecule has 27 heavy (non-hydrogen) atoms. The average Bonchev–Trinajstić information content (AvgIpc) is 2.97. The van der Waals surface area contributed by atoms with E-state index in [0.717, 1.165) is 10.6 Å². The molecule has 0 radical (unpaired) electrons. The lowest BCUT2D eigenvalue weighted by atomic mass is 10.1. The van der Waals surface area contributed by atoms with Gasteiger partial charge in [0.05, 0.1) is 35.7 Å². The van der Waals surface area contributed by atoms with Gasteiger partial charge in [-0.05, 0) is 31.2 Å². The molecule has 2 aromatic heterocycles. The number of carboxylic acid groups (broad SMARTS) is 1. The molecular formula is C19H21N3O4S. The van der Waals surface area contributed by atoms with Gasteiger partial charge in [-0.1, -0.05) is 0 Å². The Kier molecular flexibility index (Phi) is 4.61. The van der Waals surface area contributed by atoms with Crippen LogP contribution in [0, 0.1) is 12.8 Å². The monoisotopic (exact) mass is 387 g/mol. The van der Waals surface area contributed by atoms with Crippen molar-refractivity contribution in [2.75, 3.05) is 38.3 Å². The summed E-state index contributed by atoms with van der Waals surface area (Å²) in [5.41, 5.74) is 0.904. The molecule has 2 bridgehead atoms. The van der Waals surface area contributed by atoms with Crippen LogP contribution in [-0.4, -0.2) is 66.3 Å². The smallest absolute Gasteiger partial charge is 0.339 e. The standard InChI is InChI=1S/C19H21N3O4S/c1-11-3-6-16(27-11)15-5-4-14(19(24)25)17(20-15)22-7-12-9-26-10-13(8-22)21(2)18(12)23/h3-6,12-13H,7-10H2,1-2H3,(H,24,25)/t12-,13+/m1/s1. The summed E-state index contributed by atoms with van der Waals surface area (Å²) in [5, 5.41) is 9.67. The molecule has 142 valence electrons. The van der Waals surface area contributed by atoms with Crippen molar-refractivity contribution in [1.29, 1.82) is 0 Å². The first-order valence-electron chi connectivity index (χ1n) is 8.84. The number of amides is 1. The van der Waals surface area contributed by atoms with Crippen molar-refractivity contribution in [3.63, 3.8) is 0 Å². The Labute approximate surface area is 161 Å². The van der Waals surface area contributed by atoms with E-state index < -0.39 is 5.97 Å². The highest BCUT2D eigenvalue weighted by atomic mass is 32.1. The predicted octanol–water partition coefficient (Wildman–Crippen LogP) is 2.11. The summed E-state index contributed by atoms with van der Waals surface area (Å²) in [6.45, 7) is 3.72. The molecule has 0 aromatic carbocycles. The number of nitrogens with zero attached hydrogens (tertiary/aromatic N) is 3. The Morgan fingerprint density at radius 1 is 1.26 bits per heavy atom. The van der Waals surface area contributed by atoms with Crippen LogP contribution in [0.3, 0.4) is 0 Å². The number of hydrogen-bond donors (Lipinski definition) is 1. The summed E-state index contributed by atoms with van der Waals surface area (Å²) >= 11 is 1.62. The normalized spacial score (nSPS) is 22.7. The number of likely N-dealkylation sites (N-methyl/N-ethyl adjacent to an activating group) is 1. The maximum absolute atomic E-state index is 12.6. The summed E-state index contributed by atoms with van der Waals surface area (Å²) < 4.78 is 5.64. The van der Waals surface area contributed by atoms with Gasteiger partial charge in [0.2, 0.25) is 5.91 Å². The number of aromatic nitrogens is 1. The summed E-state index contributed by atoms with van der Waals surface area (Å²) in [6, 6.07) is 7.25. The molecule has 2 saturated heterocycles. The van der Waals surface area contributed by atoms with Crippen LogP contribution in [0.2, 0.25) is 0 Å². The number of pyridine rings is 1. The maximum atomic E-state index is 12.6. The Balaban J connectivity index is 1.77. The number of aryl methyl sites for hydroxylation is 1. The highest BCUT2D eigenvalue weighted by Crippen LogP contribution is 2.31. The fraction of sp³-hybridized carbons (Fsp3) is 0.421. The fourth-order valence-electron chi connectivity index (χ4n) is 3.64. The van der Waals surface area contributed by atoms with Crippen LogP contribution in [0.4, 0.5) is 5.82 Å². The van der Waals surface area contributed by atoms with E-state index in [1.54, 1.807) is 35.4 Å². The molecule has 2 fully saturated rings. The number of hydrogen-bond acceptors (Lipinski definition) is 6. The molecule has 4 rings (SSSR count). The van der Waals surface area contributed by atoms with E-state index in [-0.39, 0.29) is 23.4 Å². The van der Waals surface area contributed by atoms with E-state index >= 15 is 0 Å². The third-order valence-electron chi connectivity index (χ3n) is 5.14. The van der Waals surface area contributed by atoms with Gasteiger partial charge in [0.25, 0.3) is 0 Å². The zero-order chi connectivity index (χ0) is 19.1. The average molecular weight is 387 g/mol. The van der Waals surface area contributed by atoms with Crippen LogP contribution in [0.25, 0.3) is 10.6 Å². The lowest BCUT2D eigenvalue weighted by Gasteiger charge is -2.31. The van der Waals surface area contributed by atoms with E-state index in [0.29, 0.717) is 32.1 Å². The largest absolute Gasteiger partial charge is 0.478 e. The number of carbonyl (C=O) groups excluding carboxylic acids is 1. The highest BCUT2D eigenvalue weighted by molar-refractivity contribution is 7.15. The third kappa shape index (κ3) is 3.30. The van der Waals surface area contributed by atoms with Crippen molar-refractivity contribution in [1.82, 2.24) is 9.88 Å². The molecule has 2 aromatic rings. The van der Waals surface area contributed by atoms with Crippen LogP contribution in [-0.2, 0) is 9.53 Å². The number of anilines is 1. The van der Waals surface area contributed by atoms with Crippen LogP contribution in [0.15, 0.2) is 24.3 Å². The van der Waals surface area contributed by atoms with Crippen molar-refractivity contribution in [3.05, 3.63) is 34.7 Å². The number of ether oxygens (including phenoxy) is 1. The highest BCUT2D eigenvalue weighted by Gasteiger charge is 2.38. The van der Waals surface area contributed by atoms with Gasteiger partial charge in [-0.25, -0.2) is 9.78 Å².